The van der Waals surface area contributed by atoms with Crippen molar-refractivity contribution in [2.24, 2.45) is 7.05 Å². The predicted octanol–water partition coefficient (Wildman–Crippen LogP) is 1.34. The molecular weight excluding hydrogens is 438 g/mol. The van der Waals surface area contributed by atoms with Gasteiger partial charge in [0.25, 0.3) is 15.7 Å². The average molecular weight is 470 g/mol. The first-order valence-corrected chi connectivity index (χ1v) is 12.2. The number of piperazine rings is 1. The van der Waals surface area contributed by atoms with Crippen LogP contribution in [0.1, 0.15) is 40.3 Å². The van der Waals surface area contributed by atoms with Crippen LogP contribution in [0.4, 0.5) is 10.6 Å². The second-order valence-electron chi connectivity index (χ2n) is 9.25. The molecule has 0 radical (unpaired) electrons. The minimum Gasteiger partial charge on any atom is -0.444 e. The highest BCUT2D eigenvalue weighted by molar-refractivity contribution is 7.85. The number of fused-ring (bicyclic) bond motifs is 1. The van der Waals surface area contributed by atoms with E-state index in [0.717, 1.165) is 6.26 Å². The van der Waals surface area contributed by atoms with E-state index < -0.39 is 15.7 Å². The zero-order chi connectivity index (χ0) is 24.0. The molecule has 1 fully saturated rings. The minimum absolute atomic E-state index is 0.117. The number of carbonyl (C=O) groups excluding carboxylic acids is 1. The van der Waals surface area contributed by atoms with Gasteiger partial charge in [-0.1, -0.05) is 0 Å². The lowest BCUT2D eigenvalue weighted by atomic mass is 10.1. The Morgan fingerprint density at radius 1 is 1.19 bits per heavy atom. The van der Waals surface area contributed by atoms with E-state index in [1.807, 2.05) is 39.5 Å². The van der Waals surface area contributed by atoms with Crippen LogP contribution in [0.3, 0.4) is 0 Å². The summed E-state index contributed by atoms with van der Waals surface area (Å²) in [6.07, 6.45) is 0.599. The maximum atomic E-state index is 12.6. The zero-order valence-electron chi connectivity index (χ0n) is 19.5. The molecule has 1 aliphatic heterocycles. The summed E-state index contributed by atoms with van der Waals surface area (Å²) in [6, 6.07) is 2.84. The van der Waals surface area contributed by atoms with Gasteiger partial charge in [-0.2, -0.15) is 13.5 Å². The Hall–Kier alpha value is -2.60. The fourth-order valence-corrected chi connectivity index (χ4v) is 4.01. The number of ether oxygens (including phenoxy) is 1. The van der Waals surface area contributed by atoms with Crippen LogP contribution >= 0.6 is 0 Å². The van der Waals surface area contributed by atoms with Crippen LogP contribution in [0.25, 0.3) is 5.65 Å². The van der Waals surface area contributed by atoms with E-state index in [1.165, 1.54) is 10.6 Å². The molecule has 2 aromatic rings. The molecular formula is C20H31N5O6S. The topological polar surface area (TPSA) is 115 Å². The van der Waals surface area contributed by atoms with Crippen LogP contribution < -0.4 is 10.5 Å². The van der Waals surface area contributed by atoms with E-state index in [2.05, 4.69) is 5.10 Å². The summed E-state index contributed by atoms with van der Waals surface area (Å²) >= 11 is 0. The zero-order valence-corrected chi connectivity index (χ0v) is 20.3. The number of carbonyl (C=O) groups is 1. The van der Waals surface area contributed by atoms with Crippen molar-refractivity contribution in [3.63, 3.8) is 0 Å². The van der Waals surface area contributed by atoms with Crippen molar-refractivity contribution in [2.75, 3.05) is 24.2 Å². The fraction of sp³-hybridized carbons (Fsp3) is 0.650. The van der Waals surface area contributed by atoms with Gasteiger partial charge in [0, 0.05) is 44.4 Å². The van der Waals surface area contributed by atoms with Crippen molar-refractivity contribution >= 4 is 27.7 Å². The highest BCUT2D eigenvalue weighted by Crippen LogP contribution is 2.25. The average Bonchev–Trinajstić information content (AvgIpc) is 3.07. The molecule has 3 rings (SSSR count). The molecule has 12 heteroatoms. The van der Waals surface area contributed by atoms with Gasteiger partial charge in [-0.25, -0.2) is 9.31 Å². The minimum atomic E-state index is -3.63. The SMILES string of the molecule is C[C@@H]1CN(c2cc(=O)n(C)c3cc(COS(C)(=O)=O)nn23)[C@@H](C)CN1C(=O)OC(C)(C)C. The third-order valence-corrected chi connectivity index (χ3v) is 5.76. The van der Waals surface area contributed by atoms with Crippen molar-refractivity contribution in [3.05, 3.63) is 28.2 Å². The van der Waals surface area contributed by atoms with Gasteiger partial charge in [-0.05, 0) is 34.6 Å². The van der Waals surface area contributed by atoms with E-state index in [9.17, 15) is 18.0 Å². The first-order chi connectivity index (χ1) is 14.7. The molecule has 0 bridgehead atoms. The largest absolute Gasteiger partial charge is 0.444 e. The standard InChI is InChI=1S/C20H31N5O6S/c1-13-11-24(19(27)31-20(3,4)5)14(2)10-23(13)17-9-18(26)22(6)16-8-15(21-25(16)17)12-30-32(7,28)29/h8-9,13-14H,10-12H2,1-7H3/t13-,14+/m0/s1. The van der Waals surface area contributed by atoms with Crippen molar-refractivity contribution in [1.29, 1.82) is 0 Å². The van der Waals surface area contributed by atoms with E-state index in [0.29, 0.717) is 30.2 Å². The van der Waals surface area contributed by atoms with Gasteiger partial charge >= 0.3 is 6.09 Å². The number of nitrogens with zero attached hydrogens (tertiary/aromatic N) is 5. The molecule has 178 valence electrons. The molecule has 0 spiro atoms. The number of rotatable bonds is 4. The lowest BCUT2D eigenvalue weighted by Crippen LogP contribution is -2.59. The molecule has 2 aromatic heterocycles. The van der Waals surface area contributed by atoms with E-state index in [1.54, 1.807) is 22.5 Å². The van der Waals surface area contributed by atoms with Gasteiger partial charge in [-0.3, -0.25) is 13.5 Å². The summed E-state index contributed by atoms with van der Waals surface area (Å²) < 4.78 is 36.1. The second kappa shape index (κ2) is 8.39. The summed E-state index contributed by atoms with van der Waals surface area (Å²) in [5.74, 6) is 0.567. The Bertz CT molecular complexity index is 1180. The van der Waals surface area contributed by atoms with Crippen molar-refractivity contribution in [1.82, 2.24) is 19.1 Å². The highest BCUT2D eigenvalue weighted by Gasteiger charge is 2.35. The molecule has 0 unspecified atom stereocenters. The first-order valence-electron chi connectivity index (χ1n) is 10.4. The Labute approximate surface area is 187 Å². The molecule has 11 nitrogen and oxygen atoms in total. The lowest BCUT2D eigenvalue weighted by molar-refractivity contribution is 0.0129. The number of hydrogen-bond acceptors (Lipinski definition) is 8. The number of amides is 1. The van der Waals surface area contributed by atoms with Crippen molar-refractivity contribution < 1.29 is 22.1 Å². The number of anilines is 1. The van der Waals surface area contributed by atoms with Gasteiger partial charge in [0.05, 0.1) is 11.9 Å². The Balaban J connectivity index is 1.93. The number of aryl methyl sites for hydroxylation is 1. The Kier molecular flexibility index (Phi) is 6.31. The Morgan fingerprint density at radius 2 is 1.84 bits per heavy atom. The fourth-order valence-electron chi connectivity index (χ4n) is 3.67. The summed E-state index contributed by atoms with van der Waals surface area (Å²) in [6.45, 7) is 10.0. The van der Waals surface area contributed by atoms with Crippen LogP contribution in [0.15, 0.2) is 16.9 Å². The van der Waals surface area contributed by atoms with E-state index in [4.69, 9.17) is 8.92 Å². The highest BCUT2D eigenvalue weighted by atomic mass is 32.2. The molecule has 0 aromatic carbocycles. The number of hydrogen-bond donors (Lipinski definition) is 0. The molecule has 3 heterocycles. The monoisotopic (exact) mass is 469 g/mol. The quantitative estimate of drug-likeness (QED) is 0.616. The van der Waals surface area contributed by atoms with Gasteiger partial charge in [0.15, 0.2) is 0 Å². The van der Waals surface area contributed by atoms with Crippen molar-refractivity contribution in [3.8, 4) is 0 Å². The van der Waals surface area contributed by atoms with Crippen LogP contribution in [-0.4, -0.2) is 70.6 Å². The summed E-state index contributed by atoms with van der Waals surface area (Å²) in [5.41, 5.74) is 0.0754. The third kappa shape index (κ3) is 5.23. The maximum Gasteiger partial charge on any atom is 0.410 e. The molecule has 0 aliphatic carbocycles. The van der Waals surface area contributed by atoms with Crippen LogP contribution in [0.2, 0.25) is 0 Å². The molecule has 1 aliphatic rings. The predicted molar refractivity (Wildman–Crippen MR) is 119 cm³/mol. The van der Waals surface area contributed by atoms with Crippen LogP contribution in [0, 0.1) is 0 Å². The maximum absolute atomic E-state index is 12.6. The van der Waals surface area contributed by atoms with Gasteiger partial charge in [-0.15, -0.1) is 0 Å². The molecule has 0 saturated carbocycles. The Morgan fingerprint density at radius 3 is 2.44 bits per heavy atom. The normalized spacial score (nSPS) is 20.1. The summed E-state index contributed by atoms with van der Waals surface area (Å²) in [5, 5.41) is 4.48. The summed E-state index contributed by atoms with van der Waals surface area (Å²) in [4.78, 5) is 29.0. The van der Waals surface area contributed by atoms with Crippen molar-refractivity contribution in [2.45, 2.75) is 58.9 Å². The molecule has 2 atom stereocenters. The van der Waals surface area contributed by atoms with Crippen LogP contribution in [0.5, 0.6) is 0 Å². The van der Waals surface area contributed by atoms with E-state index in [-0.39, 0.29) is 30.3 Å². The second-order valence-corrected chi connectivity index (χ2v) is 10.9. The smallest absolute Gasteiger partial charge is 0.410 e. The summed E-state index contributed by atoms with van der Waals surface area (Å²) in [7, 11) is -2.01. The van der Waals surface area contributed by atoms with E-state index >= 15 is 0 Å². The number of aromatic nitrogens is 3. The molecule has 32 heavy (non-hydrogen) atoms. The molecule has 0 N–H and O–H groups in total. The molecule has 1 saturated heterocycles. The van der Waals surface area contributed by atoms with Gasteiger partial charge < -0.3 is 14.5 Å². The third-order valence-electron chi connectivity index (χ3n) is 5.21. The molecule has 1 amide bonds. The first kappa shape index (κ1) is 24.1. The van der Waals surface area contributed by atoms with Gasteiger partial charge in [0.2, 0.25) is 0 Å². The van der Waals surface area contributed by atoms with Gasteiger partial charge in [0.1, 0.15) is 23.7 Å². The lowest BCUT2D eigenvalue weighted by Gasteiger charge is -2.45. The van der Waals surface area contributed by atoms with Crippen LogP contribution in [-0.2, 0) is 32.7 Å².